The van der Waals surface area contributed by atoms with E-state index in [1.54, 1.807) is 12.1 Å². The summed E-state index contributed by atoms with van der Waals surface area (Å²) >= 11 is 18.9. The van der Waals surface area contributed by atoms with Gasteiger partial charge in [-0.05, 0) is 60.7 Å². The maximum Gasteiger partial charge on any atom is 0.233 e. The summed E-state index contributed by atoms with van der Waals surface area (Å²) in [5.74, 6) is 0.176. The van der Waals surface area contributed by atoms with Gasteiger partial charge < -0.3 is 14.9 Å². The fourth-order valence-corrected chi connectivity index (χ4v) is 5.60. The minimum absolute atomic E-state index is 0.0628. The van der Waals surface area contributed by atoms with Crippen molar-refractivity contribution in [1.29, 1.82) is 0 Å². The molecule has 4 nitrogen and oxygen atoms in total. The van der Waals surface area contributed by atoms with Crippen LogP contribution < -0.4 is 4.90 Å². The third-order valence-corrected chi connectivity index (χ3v) is 7.72. The second-order valence-corrected chi connectivity index (χ2v) is 10.3. The van der Waals surface area contributed by atoms with Crippen LogP contribution in [0.15, 0.2) is 66.3 Å². The zero-order valence-corrected chi connectivity index (χ0v) is 20.3. The first-order chi connectivity index (χ1) is 15.9. The molecular weight excluding hydrogens is 479 g/mol. The van der Waals surface area contributed by atoms with Gasteiger partial charge in [0.1, 0.15) is 0 Å². The lowest BCUT2D eigenvalue weighted by Crippen LogP contribution is -2.52. The molecule has 1 saturated carbocycles. The van der Waals surface area contributed by atoms with Crippen LogP contribution in [0.1, 0.15) is 30.9 Å². The Morgan fingerprint density at radius 1 is 1.00 bits per heavy atom. The van der Waals surface area contributed by atoms with Gasteiger partial charge in [-0.25, -0.2) is 0 Å². The molecule has 2 unspecified atom stereocenters. The SMILES string of the molecule is O=C(N1CCN(c2ccc(Cl)cc2Cl)C(c2ccc(Cl)cc2)C1)C1(C2=CCC(O)C=C2)CC1. The highest BCUT2D eigenvalue weighted by Crippen LogP contribution is 2.55. The van der Waals surface area contributed by atoms with E-state index in [0.29, 0.717) is 41.1 Å². The monoisotopic (exact) mass is 502 g/mol. The molecule has 2 aliphatic carbocycles. The largest absolute Gasteiger partial charge is 0.389 e. The molecule has 2 aromatic rings. The van der Waals surface area contributed by atoms with E-state index in [9.17, 15) is 9.90 Å². The minimum Gasteiger partial charge on any atom is -0.389 e. The van der Waals surface area contributed by atoms with Crippen LogP contribution in [0.25, 0.3) is 0 Å². The van der Waals surface area contributed by atoms with E-state index < -0.39 is 11.5 Å². The van der Waals surface area contributed by atoms with Gasteiger partial charge in [0.15, 0.2) is 0 Å². The van der Waals surface area contributed by atoms with Crippen LogP contribution in [0, 0.1) is 5.41 Å². The van der Waals surface area contributed by atoms with Gasteiger partial charge in [-0.3, -0.25) is 4.79 Å². The summed E-state index contributed by atoms with van der Waals surface area (Å²) in [7, 11) is 0. The molecule has 0 bridgehead atoms. The molecule has 0 aromatic heterocycles. The zero-order chi connectivity index (χ0) is 23.2. The van der Waals surface area contributed by atoms with Crippen LogP contribution in [0.4, 0.5) is 5.69 Å². The highest BCUT2D eigenvalue weighted by Gasteiger charge is 2.54. The average Bonchev–Trinajstić information content (AvgIpc) is 3.61. The lowest BCUT2D eigenvalue weighted by atomic mass is 9.88. The lowest BCUT2D eigenvalue weighted by Gasteiger charge is -2.44. The van der Waals surface area contributed by atoms with Gasteiger partial charge >= 0.3 is 0 Å². The Labute approximate surface area is 209 Å². The van der Waals surface area contributed by atoms with Crippen molar-refractivity contribution in [3.05, 3.63) is 86.9 Å². The molecule has 2 fully saturated rings. The number of amides is 1. The maximum absolute atomic E-state index is 13.8. The number of aliphatic hydroxyl groups is 1. The summed E-state index contributed by atoms with van der Waals surface area (Å²) < 4.78 is 0. The van der Waals surface area contributed by atoms with Crippen LogP contribution in [-0.4, -0.2) is 41.7 Å². The fourth-order valence-electron chi connectivity index (χ4n) is 4.96. The van der Waals surface area contributed by atoms with E-state index in [0.717, 1.165) is 29.7 Å². The van der Waals surface area contributed by atoms with Crippen LogP contribution in [0.3, 0.4) is 0 Å². The van der Waals surface area contributed by atoms with Crippen LogP contribution in [-0.2, 0) is 4.79 Å². The Hall–Kier alpha value is -1.98. The first-order valence-corrected chi connectivity index (χ1v) is 12.3. The Morgan fingerprint density at radius 3 is 2.36 bits per heavy atom. The van der Waals surface area contributed by atoms with Crippen molar-refractivity contribution < 1.29 is 9.90 Å². The highest BCUT2D eigenvalue weighted by molar-refractivity contribution is 6.36. The van der Waals surface area contributed by atoms with Crippen molar-refractivity contribution in [2.75, 3.05) is 24.5 Å². The first-order valence-electron chi connectivity index (χ1n) is 11.2. The van der Waals surface area contributed by atoms with Gasteiger partial charge in [0.2, 0.25) is 5.91 Å². The summed E-state index contributed by atoms with van der Waals surface area (Å²) in [4.78, 5) is 18.0. The van der Waals surface area contributed by atoms with Crippen molar-refractivity contribution in [2.45, 2.75) is 31.4 Å². The van der Waals surface area contributed by atoms with E-state index in [2.05, 4.69) is 4.90 Å². The Kier molecular flexibility index (Phi) is 6.21. The molecule has 2 aromatic carbocycles. The third-order valence-electron chi connectivity index (χ3n) is 6.93. The number of halogens is 3. The molecule has 33 heavy (non-hydrogen) atoms. The van der Waals surface area contributed by atoms with E-state index in [-0.39, 0.29) is 11.9 Å². The highest BCUT2D eigenvalue weighted by atomic mass is 35.5. The number of rotatable bonds is 4. The number of benzene rings is 2. The number of allylic oxidation sites excluding steroid dienone is 1. The molecule has 1 N–H and O–H groups in total. The molecule has 0 spiro atoms. The number of piperazine rings is 1. The second kappa shape index (κ2) is 8.99. The molecule has 7 heteroatoms. The van der Waals surface area contributed by atoms with Gasteiger partial charge in [-0.2, -0.15) is 0 Å². The molecule has 3 aliphatic rings. The fraction of sp³-hybridized carbons (Fsp3) is 0.346. The smallest absolute Gasteiger partial charge is 0.233 e. The summed E-state index contributed by atoms with van der Waals surface area (Å²) in [6.45, 7) is 1.83. The summed E-state index contributed by atoms with van der Waals surface area (Å²) in [6, 6.07) is 13.3. The first kappa shape index (κ1) is 22.8. The van der Waals surface area contributed by atoms with Gasteiger partial charge in [0.25, 0.3) is 0 Å². The summed E-state index contributed by atoms with van der Waals surface area (Å²) in [5, 5.41) is 11.7. The number of carbonyl (C=O) groups excluding carboxylic acids is 1. The van der Waals surface area contributed by atoms with E-state index in [1.165, 1.54) is 0 Å². The van der Waals surface area contributed by atoms with Gasteiger partial charge in [-0.1, -0.05) is 65.2 Å². The molecule has 1 amide bonds. The van der Waals surface area contributed by atoms with Crippen LogP contribution in [0.2, 0.25) is 15.1 Å². The topological polar surface area (TPSA) is 43.8 Å². The van der Waals surface area contributed by atoms with Crippen LogP contribution in [0.5, 0.6) is 0 Å². The van der Waals surface area contributed by atoms with Gasteiger partial charge in [0, 0.05) is 29.7 Å². The van der Waals surface area contributed by atoms with E-state index >= 15 is 0 Å². The average molecular weight is 504 g/mol. The van der Waals surface area contributed by atoms with Crippen molar-refractivity contribution in [2.24, 2.45) is 5.41 Å². The molecule has 172 valence electrons. The van der Waals surface area contributed by atoms with Crippen molar-refractivity contribution in [3.63, 3.8) is 0 Å². The van der Waals surface area contributed by atoms with E-state index in [1.807, 2.05) is 53.5 Å². The van der Waals surface area contributed by atoms with Crippen molar-refractivity contribution >= 4 is 46.4 Å². The second-order valence-electron chi connectivity index (χ2n) is 9.01. The Bertz CT molecular complexity index is 1120. The zero-order valence-electron chi connectivity index (χ0n) is 18.1. The van der Waals surface area contributed by atoms with Gasteiger partial charge in [0.05, 0.1) is 28.3 Å². The predicted molar refractivity (Wildman–Crippen MR) is 134 cm³/mol. The number of aliphatic hydroxyl groups excluding tert-OH is 1. The standard InChI is InChI=1S/C26H25Cl3N2O2/c27-19-5-1-17(2-6-19)24-16-30(13-14-31(24)23-10-7-20(28)15-22(23)29)25(33)26(11-12-26)18-3-8-21(32)9-4-18/h1-8,10,15,21,24,32H,9,11-14,16H2. The predicted octanol–water partition coefficient (Wildman–Crippen LogP) is 6.06. The molecule has 2 atom stereocenters. The van der Waals surface area contributed by atoms with Crippen molar-refractivity contribution in [3.8, 4) is 0 Å². The molecule has 1 saturated heterocycles. The Balaban J connectivity index is 1.44. The number of hydrogen-bond acceptors (Lipinski definition) is 3. The van der Waals surface area contributed by atoms with Crippen molar-refractivity contribution in [1.82, 2.24) is 4.90 Å². The number of hydrogen-bond donors (Lipinski definition) is 1. The molecular formula is C26H25Cl3N2O2. The Morgan fingerprint density at radius 2 is 1.73 bits per heavy atom. The number of nitrogens with zero attached hydrogens (tertiary/aromatic N) is 2. The molecule has 1 heterocycles. The minimum atomic E-state index is -0.457. The van der Waals surface area contributed by atoms with Gasteiger partial charge in [-0.15, -0.1) is 0 Å². The summed E-state index contributed by atoms with van der Waals surface area (Å²) in [6.07, 6.45) is 7.56. The summed E-state index contributed by atoms with van der Waals surface area (Å²) in [5.41, 5.74) is 2.58. The molecule has 5 rings (SSSR count). The number of carbonyl (C=O) groups is 1. The number of anilines is 1. The lowest BCUT2D eigenvalue weighted by molar-refractivity contribution is -0.136. The maximum atomic E-state index is 13.8. The molecule has 0 radical (unpaired) electrons. The third kappa shape index (κ3) is 4.42. The molecule has 1 aliphatic heterocycles. The normalized spacial score (nSPS) is 23.9. The van der Waals surface area contributed by atoms with Crippen LogP contribution >= 0.6 is 34.8 Å². The van der Waals surface area contributed by atoms with E-state index in [4.69, 9.17) is 34.8 Å². The quantitative estimate of drug-likeness (QED) is 0.551.